The lowest BCUT2D eigenvalue weighted by Crippen LogP contribution is -2.42. The highest BCUT2D eigenvalue weighted by Gasteiger charge is 2.46. The molecule has 0 aliphatic heterocycles. The molecule has 0 heterocycles. The molecule has 0 bridgehead atoms. The van der Waals surface area contributed by atoms with Crippen molar-refractivity contribution in [2.75, 3.05) is 6.61 Å². The molecule has 1 aliphatic carbocycles. The van der Waals surface area contributed by atoms with E-state index in [1.807, 2.05) is 53.7 Å². The lowest BCUT2D eigenvalue weighted by molar-refractivity contribution is -0.156. The SMILES string of the molecule is CC(C)(C)c1cc(CCC(=O)OCCC2(C(=O)Oc3cc(C(C)(C)C)c(O)c(C(C)(C)C)c3)CCC2)cc(C(C)(C)C)c1O. The van der Waals surface area contributed by atoms with Crippen molar-refractivity contribution in [3.8, 4) is 17.2 Å². The van der Waals surface area contributed by atoms with Crippen molar-refractivity contribution in [1.82, 2.24) is 0 Å². The van der Waals surface area contributed by atoms with E-state index in [2.05, 4.69) is 41.5 Å². The van der Waals surface area contributed by atoms with Gasteiger partial charge in [-0.2, -0.15) is 0 Å². The van der Waals surface area contributed by atoms with E-state index in [-0.39, 0.29) is 52.4 Å². The number of hydrogen-bond acceptors (Lipinski definition) is 6. The fourth-order valence-corrected chi connectivity index (χ4v) is 5.85. The van der Waals surface area contributed by atoms with Gasteiger partial charge in [0.25, 0.3) is 0 Å². The fourth-order valence-electron chi connectivity index (χ4n) is 5.85. The van der Waals surface area contributed by atoms with Gasteiger partial charge in [-0.1, -0.05) is 102 Å². The van der Waals surface area contributed by atoms with Crippen LogP contribution in [-0.4, -0.2) is 28.8 Å². The molecule has 0 amide bonds. The average Bonchev–Trinajstić information content (AvgIpc) is 2.82. The third kappa shape index (κ3) is 8.17. The van der Waals surface area contributed by atoms with E-state index < -0.39 is 5.41 Å². The van der Waals surface area contributed by atoms with Crippen LogP contribution in [-0.2, 0) is 42.4 Å². The number of hydrogen-bond donors (Lipinski definition) is 2. The molecule has 44 heavy (non-hydrogen) atoms. The molecule has 0 radical (unpaired) electrons. The molecule has 0 unspecified atom stereocenters. The van der Waals surface area contributed by atoms with Crippen LogP contribution in [0.25, 0.3) is 0 Å². The van der Waals surface area contributed by atoms with E-state index >= 15 is 0 Å². The lowest BCUT2D eigenvalue weighted by Gasteiger charge is -2.39. The summed E-state index contributed by atoms with van der Waals surface area (Å²) < 4.78 is 11.6. The number of benzene rings is 2. The number of phenolic OH excluding ortho intramolecular Hbond substituents is 2. The van der Waals surface area contributed by atoms with Crippen LogP contribution in [0.2, 0.25) is 0 Å². The summed E-state index contributed by atoms with van der Waals surface area (Å²) in [6.07, 6.45) is 3.44. The molecule has 6 nitrogen and oxygen atoms in total. The van der Waals surface area contributed by atoms with Crippen molar-refractivity contribution in [2.45, 2.75) is 143 Å². The fraction of sp³-hybridized carbons (Fsp3) is 0.632. The summed E-state index contributed by atoms with van der Waals surface area (Å²) in [7, 11) is 0. The molecule has 244 valence electrons. The Bertz CT molecular complexity index is 1300. The van der Waals surface area contributed by atoms with Crippen molar-refractivity contribution < 1.29 is 29.3 Å². The van der Waals surface area contributed by atoms with Crippen LogP contribution in [0.4, 0.5) is 0 Å². The minimum absolute atomic E-state index is 0.153. The highest BCUT2D eigenvalue weighted by molar-refractivity contribution is 5.80. The second kappa shape index (κ2) is 12.4. The van der Waals surface area contributed by atoms with Crippen LogP contribution in [0.1, 0.15) is 143 Å². The Morgan fingerprint density at radius 2 is 1.11 bits per heavy atom. The predicted octanol–water partition coefficient (Wildman–Crippen LogP) is 8.93. The van der Waals surface area contributed by atoms with Crippen LogP contribution < -0.4 is 4.74 Å². The zero-order valence-electron chi connectivity index (χ0n) is 29.3. The molecule has 0 aromatic heterocycles. The van der Waals surface area contributed by atoms with E-state index in [1.54, 1.807) is 12.1 Å². The topological polar surface area (TPSA) is 93.1 Å². The molecule has 1 fully saturated rings. The number of esters is 2. The summed E-state index contributed by atoms with van der Waals surface area (Å²) in [6, 6.07) is 7.54. The third-order valence-electron chi connectivity index (χ3n) is 8.90. The van der Waals surface area contributed by atoms with Gasteiger partial charge in [-0.05, 0) is 76.2 Å². The number of carbonyl (C=O) groups excluding carboxylic acids is 2. The van der Waals surface area contributed by atoms with E-state index in [9.17, 15) is 19.8 Å². The highest BCUT2D eigenvalue weighted by Crippen LogP contribution is 2.47. The summed E-state index contributed by atoms with van der Waals surface area (Å²) >= 11 is 0. The Morgan fingerprint density at radius 1 is 0.705 bits per heavy atom. The van der Waals surface area contributed by atoms with Gasteiger partial charge in [0.15, 0.2) is 0 Å². The Morgan fingerprint density at radius 3 is 1.48 bits per heavy atom. The van der Waals surface area contributed by atoms with Crippen LogP contribution >= 0.6 is 0 Å². The normalized spacial score (nSPS) is 15.5. The first kappa shape index (κ1) is 35.5. The van der Waals surface area contributed by atoms with Crippen LogP contribution in [0, 0.1) is 5.41 Å². The number of rotatable bonds is 8. The summed E-state index contributed by atoms with van der Waals surface area (Å²) in [5.41, 5.74) is 2.38. The summed E-state index contributed by atoms with van der Waals surface area (Å²) in [5, 5.41) is 22.0. The standard InChI is InChI=1S/C38H56O6/c1-34(2,3)26-20-24(21-27(31(26)40)35(4,5)6)14-15-30(39)43-19-18-38(16-13-17-38)33(42)44-25-22-28(36(7,8)9)32(41)29(23-25)37(10,11)12/h20-23,40-41H,13-19H2,1-12H3. The number of aryl methyl sites for hydroxylation is 1. The van der Waals surface area contributed by atoms with Gasteiger partial charge < -0.3 is 19.7 Å². The van der Waals surface area contributed by atoms with Gasteiger partial charge in [0.2, 0.25) is 0 Å². The maximum atomic E-state index is 13.5. The lowest BCUT2D eigenvalue weighted by atomic mass is 9.67. The van der Waals surface area contributed by atoms with Crippen molar-refractivity contribution >= 4 is 11.9 Å². The van der Waals surface area contributed by atoms with Gasteiger partial charge in [0.05, 0.1) is 12.0 Å². The number of ether oxygens (including phenoxy) is 2. The predicted molar refractivity (Wildman–Crippen MR) is 177 cm³/mol. The van der Waals surface area contributed by atoms with Gasteiger partial charge in [-0.25, -0.2) is 0 Å². The molecule has 2 aromatic carbocycles. The van der Waals surface area contributed by atoms with Crippen LogP contribution in [0.15, 0.2) is 24.3 Å². The Balaban J connectivity index is 1.67. The molecule has 0 atom stereocenters. The van der Waals surface area contributed by atoms with Gasteiger partial charge in [-0.15, -0.1) is 0 Å². The van der Waals surface area contributed by atoms with Crippen molar-refractivity contribution in [2.24, 2.45) is 5.41 Å². The maximum Gasteiger partial charge on any atom is 0.317 e. The largest absolute Gasteiger partial charge is 0.507 e. The summed E-state index contributed by atoms with van der Waals surface area (Å²) in [5.74, 6) is 0.388. The van der Waals surface area contributed by atoms with Crippen molar-refractivity contribution in [1.29, 1.82) is 0 Å². The molecule has 3 rings (SSSR count). The smallest absolute Gasteiger partial charge is 0.317 e. The second-order valence-electron chi connectivity index (χ2n) is 16.9. The second-order valence-corrected chi connectivity index (χ2v) is 16.9. The molecule has 2 N–H and O–H groups in total. The number of phenols is 2. The molecular weight excluding hydrogens is 552 g/mol. The number of aromatic hydroxyl groups is 2. The first-order valence-electron chi connectivity index (χ1n) is 16.1. The molecule has 1 saturated carbocycles. The Kier molecular flexibility index (Phi) is 10.00. The average molecular weight is 609 g/mol. The van der Waals surface area contributed by atoms with Gasteiger partial charge in [0, 0.05) is 17.5 Å². The van der Waals surface area contributed by atoms with Gasteiger partial charge >= 0.3 is 11.9 Å². The maximum absolute atomic E-state index is 13.5. The molecule has 0 spiro atoms. The van der Waals surface area contributed by atoms with E-state index in [4.69, 9.17) is 9.47 Å². The molecule has 6 heteroatoms. The minimum Gasteiger partial charge on any atom is -0.507 e. The first-order valence-corrected chi connectivity index (χ1v) is 16.1. The van der Waals surface area contributed by atoms with Crippen molar-refractivity contribution in [3.63, 3.8) is 0 Å². The Hall–Kier alpha value is -3.02. The molecule has 2 aromatic rings. The van der Waals surface area contributed by atoms with Gasteiger partial charge in [-0.3, -0.25) is 9.59 Å². The molecule has 0 saturated heterocycles. The first-order chi connectivity index (χ1) is 20.0. The van der Waals surface area contributed by atoms with Crippen LogP contribution in [0.3, 0.4) is 0 Å². The van der Waals surface area contributed by atoms with Gasteiger partial charge in [0.1, 0.15) is 17.2 Å². The molecule has 1 aliphatic rings. The zero-order chi connectivity index (χ0) is 33.5. The molecular formula is C38H56O6. The minimum atomic E-state index is -0.678. The monoisotopic (exact) mass is 608 g/mol. The summed E-state index contributed by atoms with van der Waals surface area (Å²) in [6.45, 7) is 24.7. The van der Waals surface area contributed by atoms with Crippen LogP contribution in [0.5, 0.6) is 17.2 Å². The number of carbonyl (C=O) groups is 2. The quantitative estimate of drug-likeness (QED) is 0.230. The summed E-state index contributed by atoms with van der Waals surface area (Å²) in [4.78, 5) is 26.3. The third-order valence-corrected chi connectivity index (χ3v) is 8.90. The van der Waals surface area contributed by atoms with E-state index in [1.165, 1.54) is 0 Å². The Labute approximate surface area is 265 Å². The highest BCUT2D eigenvalue weighted by atomic mass is 16.5. The van der Waals surface area contributed by atoms with Crippen molar-refractivity contribution in [3.05, 3.63) is 52.1 Å². The zero-order valence-corrected chi connectivity index (χ0v) is 29.3. The van der Waals surface area contributed by atoms with E-state index in [0.29, 0.717) is 37.2 Å². The van der Waals surface area contributed by atoms with E-state index in [0.717, 1.165) is 34.2 Å².